The maximum Gasteiger partial charge on any atom is 0.255 e. The van der Waals surface area contributed by atoms with Gasteiger partial charge in [-0.3, -0.25) is 14.6 Å². The minimum absolute atomic E-state index is 0.0497. The molecule has 6 heteroatoms. The van der Waals surface area contributed by atoms with E-state index in [-0.39, 0.29) is 17.9 Å². The van der Waals surface area contributed by atoms with Crippen LogP contribution in [0.5, 0.6) is 0 Å². The molecule has 0 bridgehead atoms. The molecule has 2 N–H and O–H groups in total. The Morgan fingerprint density at radius 3 is 2.83 bits per heavy atom. The standard InChI is InChI=1S/C18H22N4O2/c1-11(13-6-7-13)10-20-16(23)9-14-12(2)21-17(22-18(14)24)15-5-3-4-8-19-15/h3-5,8,11,13H,6-7,9-10H2,1-2H3,(H,20,23)(H,21,22,24)/t11-/m1/s1. The summed E-state index contributed by atoms with van der Waals surface area (Å²) in [6.07, 6.45) is 4.21. The summed E-state index contributed by atoms with van der Waals surface area (Å²) in [6.45, 7) is 4.57. The molecule has 1 amide bonds. The predicted molar refractivity (Wildman–Crippen MR) is 91.4 cm³/mol. The molecular formula is C18H22N4O2. The van der Waals surface area contributed by atoms with Gasteiger partial charge in [0.15, 0.2) is 5.82 Å². The Morgan fingerprint density at radius 2 is 2.21 bits per heavy atom. The lowest BCUT2D eigenvalue weighted by Crippen LogP contribution is -2.32. The molecule has 0 spiro atoms. The fraction of sp³-hybridized carbons (Fsp3) is 0.444. The fourth-order valence-electron chi connectivity index (χ4n) is 2.77. The molecule has 0 radical (unpaired) electrons. The Morgan fingerprint density at radius 1 is 1.42 bits per heavy atom. The SMILES string of the molecule is Cc1nc(-c2ccccn2)[nH]c(=O)c1CC(=O)NC[C@@H](C)C1CC1. The van der Waals surface area contributed by atoms with Crippen molar-refractivity contribution in [1.29, 1.82) is 0 Å². The first-order valence-corrected chi connectivity index (χ1v) is 8.32. The van der Waals surface area contributed by atoms with E-state index in [0.717, 1.165) is 5.92 Å². The van der Waals surface area contributed by atoms with Crippen molar-refractivity contribution in [3.8, 4) is 11.5 Å². The van der Waals surface area contributed by atoms with E-state index in [1.165, 1.54) is 12.8 Å². The number of nitrogens with zero attached hydrogens (tertiary/aromatic N) is 2. The van der Waals surface area contributed by atoms with Gasteiger partial charge in [0, 0.05) is 24.0 Å². The molecule has 1 aliphatic rings. The summed E-state index contributed by atoms with van der Waals surface area (Å²) in [5, 5.41) is 2.92. The number of aromatic nitrogens is 3. The van der Waals surface area contributed by atoms with Gasteiger partial charge in [0.25, 0.3) is 5.56 Å². The average Bonchev–Trinajstić information content (AvgIpc) is 3.41. The van der Waals surface area contributed by atoms with Gasteiger partial charge in [-0.1, -0.05) is 13.0 Å². The van der Waals surface area contributed by atoms with Crippen LogP contribution < -0.4 is 10.9 Å². The van der Waals surface area contributed by atoms with Crippen molar-refractivity contribution in [2.45, 2.75) is 33.1 Å². The van der Waals surface area contributed by atoms with Crippen molar-refractivity contribution >= 4 is 5.91 Å². The van der Waals surface area contributed by atoms with Crippen LogP contribution in [0, 0.1) is 18.8 Å². The van der Waals surface area contributed by atoms with Gasteiger partial charge in [-0.05, 0) is 43.7 Å². The number of hydrogen-bond donors (Lipinski definition) is 2. The molecule has 1 saturated carbocycles. The van der Waals surface area contributed by atoms with E-state index < -0.39 is 0 Å². The second kappa shape index (κ2) is 6.95. The molecule has 126 valence electrons. The third-order valence-corrected chi connectivity index (χ3v) is 4.52. The predicted octanol–water partition coefficient (Wildman–Crippen LogP) is 1.85. The molecule has 0 aromatic carbocycles. The molecule has 1 atom stereocenters. The van der Waals surface area contributed by atoms with Gasteiger partial charge in [0.1, 0.15) is 5.69 Å². The van der Waals surface area contributed by atoms with Crippen molar-refractivity contribution in [3.63, 3.8) is 0 Å². The van der Waals surface area contributed by atoms with Gasteiger partial charge < -0.3 is 10.3 Å². The van der Waals surface area contributed by atoms with Gasteiger partial charge in [-0.15, -0.1) is 0 Å². The summed E-state index contributed by atoms with van der Waals surface area (Å²) >= 11 is 0. The van der Waals surface area contributed by atoms with Gasteiger partial charge in [0.05, 0.1) is 6.42 Å². The fourth-order valence-corrected chi connectivity index (χ4v) is 2.77. The number of pyridine rings is 1. The molecule has 6 nitrogen and oxygen atoms in total. The van der Waals surface area contributed by atoms with Crippen LogP contribution >= 0.6 is 0 Å². The summed E-state index contributed by atoms with van der Waals surface area (Å²) in [5.74, 6) is 1.53. The largest absolute Gasteiger partial charge is 0.356 e. The quantitative estimate of drug-likeness (QED) is 0.848. The number of rotatable bonds is 6. The molecule has 1 aliphatic carbocycles. The zero-order valence-corrected chi connectivity index (χ0v) is 14.0. The van der Waals surface area contributed by atoms with Crippen LogP contribution in [-0.2, 0) is 11.2 Å². The highest BCUT2D eigenvalue weighted by molar-refractivity contribution is 5.78. The van der Waals surface area contributed by atoms with Crippen molar-refractivity contribution in [2.24, 2.45) is 11.8 Å². The molecule has 2 aromatic heterocycles. The molecule has 24 heavy (non-hydrogen) atoms. The Bertz CT molecular complexity index is 781. The minimum atomic E-state index is -0.284. The number of aromatic amines is 1. The second-order valence-corrected chi connectivity index (χ2v) is 6.49. The molecule has 1 fully saturated rings. The van der Waals surface area contributed by atoms with Crippen LogP contribution in [0.1, 0.15) is 31.0 Å². The van der Waals surface area contributed by atoms with Gasteiger partial charge in [-0.2, -0.15) is 0 Å². The molecular weight excluding hydrogens is 304 g/mol. The third kappa shape index (κ3) is 3.88. The molecule has 3 rings (SSSR count). The number of amides is 1. The smallest absolute Gasteiger partial charge is 0.255 e. The van der Waals surface area contributed by atoms with Crippen LogP contribution in [0.4, 0.5) is 0 Å². The minimum Gasteiger partial charge on any atom is -0.356 e. The lowest BCUT2D eigenvalue weighted by atomic mass is 10.1. The molecule has 2 aromatic rings. The Kier molecular flexibility index (Phi) is 4.74. The summed E-state index contributed by atoms with van der Waals surface area (Å²) in [5.41, 5.74) is 1.29. The number of hydrogen-bond acceptors (Lipinski definition) is 4. The van der Waals surface area contributed by atoms with Crippen molar-refractivity contribution in [3.05, 3.63) is 46.0 Å². The lowest BCUT2D eigenvalue weighted by Gasteiger charge is -2.12. The molecule has 2 heterocycles. The molecule has 0 saturated heterocycles. The summed E-state index contributed by atoms with van der Waals surface area (Å²) in [4.78, 5) is 35.7. The van der Waals surface area contributed by atoms with E-state index in [0.29, 0.717) is 35.2 Å². The number of carbonyl (C=O) groups is 1. The van der Waals surface area contributed by atoms with E-state index in [9.17, 15) is 9.59 Å². The zero-order chi connectivity index (χ0) is 17.1. The van der Waals surface area contributed by atoms with Crippen LogP contribution in [0.3, 0.4) is 0 Å². The van der Waals surface area contributed by atoms with Crippen LogP contribution in [0.2, 0.25) is 0 Å². The number of nitrogens with one attached hydrogen (secondary N) is 2. The van der Waals surface area contributed by atoms with E-state index in [1.54, 1.807) is 25.3 Å². The van der Waals surface area contributed by atoms with Gasteiger partial charge in [0.2, 0.25) is 5.91 Å². The van der Waals surface area contributed by atoms with Gasteiger partial charge >= 0.3 is 0 Å². The summed E-state index contributed by atoms with van der Waals surface area (Å²) in [6, 6.07) is 5.42. The topological polar surface area (TPSA) is 87.7 Å². The zero-order valence-electron chi connectivity index (χ0n) is 14.0. The average molecular weight is 326 g/mol. The number of aryl methyl sites for hydroxylation is 1. The highest BCUT2D eigenvalue weighted by atomic mass is 16.2. The third-order valence-electron chi connectivity index (χ3n) is 4.52. The van der Waals surface area contributed by atoms with Crippen LogP contribution in [-0.4, -0.2) is 27.4 Å². The van der Waals surface area contributed by atoms with Crippen LogP contribution in [0.15, 0.2) is 29.2 Å². The summed E-state index contributed by atoms with van der Waals surface area (Å²) < 4.78 is 0. The highest BCUT2D eigenvalue weighted by Gasteiger charge is 2.27. The second-order valence-electron chi connectivity index (χ2n) is 6.49. The highest BCUT2D eigenvalue weighted by Crippen LogP contribution is 2.36. The van der Waals surface area contributed by atoms with Crippen molar-refractivity contribution in [2.75, 3.05) is 6.54 Å². The van der Waals surface area contributed by atoms with Crippen LogP contribution in [0.25, 0.3) is 11.5 Å². The maximum absolute atomic E-state index is 12.3. The normalized spacial score (nSPS) is 15.1. The van der Waals surface area contributed by atoms with Crippen molar-refractivity contribution in [1.82, 2.24) is 20.3 Å². The Balaban J connectivity index is 1.69. The Hall–Kier alpha value is -2.50. The first-order chi connectivity index (χ1) is 11.5. The van der Waals surface area contributed by atoms with E-state index in [2.05, 4.69) is 27.2 Å². The van der Waals surface area contributed by atoms with Crippen molar-refractivity contribution < 1.29 is 4.79 Å². The van der Waals surface area contributed by atoms with E-state index in [4.69, 9.17) is 0 Å². The Labute approximate surface area is 140 Å². The van der Waals surface area contributed by atoms with E-state index in [1.807, 2.05) is 6.07 Å². The first kappa shape index (κ1) is 16.4. The number of H-pyrrole nitrogens is 1. The first-order valence-electron chi connectivity index (χ1n) is 8.32. The number of carbonyl (C=O) groups excluding carboxylic acids is 1. The lowest BCUT2D eigenvalue weighted by molar-refractivity contribution is -0.120. The molecule has 0 unspecified atom stereocenters. The van der Waals surface area contributed by atoms with Gasteiger partial charge in [-0.25, -0.2) is 4.98 Å². The maximum atomic E-state index is 12.3. The summed E-state index contributed by atoms with van der Waals surface area (Å²) in [7, 11) is 0. The van der Waals surface area contributed by atoms with E-state index >= 15 is 0 Å². The monoisotopic (exact) mass is 326 g/mol. The molecule has 0 aliphatic heterocycles.